The van der Waals surface area contributed by atoms with Crippen molar-refractivity contribution in [3.8, 4) is 0 Å². The van der Waals surface area contributed by atoms with Gasteiger partial charge in [0.1, 0.15) is 5.82 Å². The Morgan fingerprint density at radius 2 is 2.00 bits per heavy atom. The van der Waals surface area contributed by atoms with Gasteiger partial charge in [-0.2, -0.15) is 0 Å². The molecule has 0 amide bonds. The van der Waals surface area contributed by atoms with Crippen molar-refractivity contribution in [1.82, 2.24) is 9.97 Å². The zero-order chi connectivity index (χ0) is 13.7. The van der Waals surface area contributed by atoms with Crippen LogP contribution in [-0.2, 0) is 18.7 Å². The van der Waals surface area contributed by atoms with E-state index in [0.29, 0.717) is 5.88 Å². The molecule has 0 aliphatic carbocycles. The highest BCUT2D eigenvalue weighted by atomic mass is 79.9. The molecular weight excluding hydrogens is 324 g/mol. The largest absolute Gasteiger partial charge is 0.241 e. The first kappa shape index (κ1) is 14.5. The molecule has 0 atom stereocenters. The number of nitrogens with zero attached hydrogens (tertiary/aromatic N) is 2. The van der Waals surface area contributed by atoms with Gasteiger partial charge < -0.3 is 0 Å². The van der Waals surface area contributed by atoms with E-state index in [1.165, 1.54) is 5.56 Å². The Hall–Kier alpha value is -0.930. The Kier molecular flexibility index (Phi) is 5.34. The van der Waals surface area contributed by atoms with Crippen molar-refractivity contribution in [2.75, 3.05) is 0 Å². The number of benzene rings is 1. The summed E-state index contributed by atoms with van der Waals surface area (Å²) in [5.74, 6) is 1.33. The van der Waals surface area contributed by atoms with E-state index in [1.54, 1.807) is 0 Å². The van der Waals surface area contributed by atoms with Crippen LogP contribution in [0.3, 0.4) is 0 Å². The minimum absolute atomic E-state index is 0.477. The maximum atomic E-state index is 5.92. The van der Waals surface area contributed by atoms with Crippen LogP contribution >= 0.6 is 27.5 Å². The van der Waals surface area contributed by atoms with Crippen molar-refractivity contribution in [2.24, 2.45) is 0 Å². The lowest BCUT2D eigenvalue weighted by Gasteiger charge is -2.08. The molecule has 1 heterocycles. The van der Waals surface area contributed by atoms with E-state index in [9.17, 15) is 0 Å². The van der Waals surface area contributed by atoms with Gasteiger partial charge >= 0.3 is 0 Å². The standard InChI is InChI=1S/C15H16BrClN2/c1-2-5-14-12(9-17)10-18-15(19-14)8-11-6-3-4-7-13(11)16/h3-4,6-7,10H,2,5,8-9H2,1H3. The summed E-state index contributed by atoms with van der Waals surface area (Å²) in [6.45, 7) is 2.15. The van der Waals surface area contributed by atoms with Crippen LogP contribution < -0.4 is 0 Å². The number of halogens is 2. The average Bonchev–Trinajstić information content (AvgIpc) is 2.42. The van der Waals surface area contributed by atoms with E-state index in [0.717, 1.165) is 40.8 Å². The van der Waals surface area contributed by atoms with Gasteiger partial charge in [0.2, 0.25) is 0 Å². The summed E-state index contributed by atoms with van der Waals surface area (Å²) in [7, 11) is 0. The number of aromatic nitrogens is 2. The number of rotatable bonds is 5. The molecule has 0 fully saturated rings. The minimum Gasteiger partial charge on any atom is -0.241 e. The van der Waals surface area contributed by atoms with E-state index in [1.807, 2.05) is 24.4 Å². The summed E-state index contributed by atoms with van der Waals surface area (Å²) in [5.41, 5.74) is 3.32. The van der Waals surface area contributed by atoms with Crippen LogP contribution in [0, 0.1) is 0 Å². The lowest BCUT2D eigenvalue weighted by Crippen LogP contribution is -2.04. The topological polar surface area (TPSA) is 25.8 Å². The van der Waals surface area contributed by atoms with Gasteiger partial charge in [0.15, 0.2) is 0 Å². The molecule has 2 aromatic rings. The number of alkyl halides is 1. The Bertz CT molecular complexity index is 558. The molecule has 0 spiro atoms. The van der Waals surface area contributed by atoms with Crippen molar-refractivity contribution in [1.29, 1.82) is 0 Å². The van der Waals surface area contributed by atoms with Crippen molar-refractivity contribution < 1.29 is 0 Å². The molecule has 1 aromatic heterocycles. The molecule has 0 N–H and O–H groups in total. The summed E-state index contributed by atoms with van der Waals surface area (Å²) in [5, 5.41) is 0. The number of aryl methyl sites for hydroxylation is 1. The second-order valence-electron chi connectivity index (χ2n) is 4.41. The smallest absolute Gasteiger partial charge is 0.132 e. The molecule has 0 saturated carbocycles. The predicted molar refractivity (Wildman–Crippen MR) is 82.5 cm³/mol. The molecule has 2 rings (SSSR count). The average molecular weight is 340 g/mol. The molecule has 0 aliphatic rings. The molecule has 100 valence electrons. The fourth-order valence-corrected chi connectivity index (χ4v) is 2.59. The van der Waals surface area contributed by atoms with Gasteiger partial charge in [-0.15, -0.1) is 11.6 Å². The molecular formula is C15H16BrClN2. The van der Waals surface area contributed by atoms with E-state index >= 15 is 0 Å². The molecule has 4 heteroatoms. The van der Waals surface area contributed by atoms with Crippen LogP contribution in [-0.4, -0.2) is 9.97 Å². The van der Waals surface area contributed by atoms with Gasteiger partial charge in [-0.25, -0.2) is 9.97 Å². The zero-order valence-electron chi connectivity index (χ0n) is 10.9. The monoisotopic (exact) mass is 338 g/mol. The second kappa shape index (κ2) is 7.01. The van der Waals surface area contributed by atoms with Crippen molar-refractivity contribution in [2.45, 2.75) is 32.1 Å². The third-order valence-corrected chi connectivity index (χ3v) is 4.00. The third-order valence-electron chi connectivity index (χ3n) is 2.94. The van der Waals surface area contributed by atoms with Gasteiger partial charge in [0.25, 0.3) is 0 Å². The van der Waals surface area contributed by atoms with Crippen molar-refractivity contribution in [3.63, 3.8) is 0 Å². The molecule has 19 heavy (non-hydrogen) atoms. The highest BCUT2D eigenvalue weighted by Gasteiger charge is 2.08. The van der Waals surface area contributed by atoms with E-state index in [2.05, 4.69) is 38.9 Å². The molecule has 1 aromatic carbocycles. The second-order valence-corrected chi connectivity index (χ2v) is 5.53. The third kappa shape index (κ3) is 3.77. The van der Waals surface area contributed by atoms with Crippen LogP contribution in [0.2, 0.25) is 0 Å². The highest BCUT2D eigenvalue weighted by molar-refractivity contribution is 9.10. The normalized spacial score (nSPS) is 10.7. The quantitative estimate of drug-likeness (QED) is 0.748. The highest BCUT2D eigenvalue weighted by Crippen LogP contribution is 2.19. The Balaban J connectivity index is 2.26. The predicted octanol–water partition coefficient (Wildman–Crippen LogP) is 4.52. The fraction of sp³-hybridized carbons (Fsp3) is 0.333. The molecule has 2 nitrogen and oxygen atoms in total. The summed E-state index contributed by atoms with van der Waals surface area (Å²) in [6, 6.07) is 8.16. The summed E-state index contributed by atoms with van der Waals surface area (Å²) in [4.78, 5) is 9.07. The Morgan fingerprint density at radius 1 is 1.21 bits per heavy atom. The van der Waals surface area contributed by atoms with Gasteiger partial charge in [-0.05, 0) is 18.1 Å². The first-order valence-electron chi connectivity index (χ1n) is 6.37. The molecule has 0 aliphatic heterocycles. The van der Waals surface area contributed by atoms with Crippen LogP contribution in [0.4, 0.5) is 0 Å². The number of hydrogen-bond acceptors (Lipinski definition) is 2. The first-order valence-corrected chi connectivity index (χ1v) is 7.70. The van der Waals surface area contributed by atoms with Crippen molar-refractivity contribution >= 4 is 27.5 Å². The van der Waals surface area contributed by atoms with Crippen LogP contribution in [0.25, 0.3) is 0 Å². The lowest BCUT2D eigenvalue weighted by atomic mass is 10.1. The van der Waals surface area contributed by atoms with Crippen molar-refractivity contribution in [3.05, 3.63) is 57.6 Å². The van der Waals surface area contributed by atoms with Gasteiger partial charge in [-0.3, -0.25) is 0 Å². The summed E-state index contributed by atoms with van der Waals surface area (Å²) in [6.07, 6.45) is 4.61. The lowest BCUT2D eigenvalue weighted by molar-refractivity contribution is 0.825. The van der Waals surface area contributed by atoms with E-state index in [-0.39, 0.29) is 0 Å². The zero-order valence-corrected chi connectivity index (χ0v) is 13.2. The maximum Gasteiger partial charge on any atom is 0.132 e. The van der Waals surface area contributed by atoms with E-state index < -0.39 is 0 Å². The molecule has 0 radical (unpaired) electrons. The molecule has 0 bridgehead atoms. The molecule has 0 saturated heterocycles. The maximum absolute atomic E-state index is 5.92. The summed E-state index contributed by atoms with van der Waals surface area (Å²) >= 11 is 9.47. The SMILES string of the molecule is CCCc1nc(Cc2ccccc2Br)ncc1CCl. The first-order chi connectivity index (χ1) is 9.24. The van der Waals surface area contributed by atoms with Gasteiger partial charge in [-0.1, -0.05) is 47.5 Å². The van der Waals surface area contributed by atoms with Crippen LogP contribution in [0.15, 0.2) is 34.9 Å². The summed E-state index contributed by atoms with van der Waals surface area (Å²) < 4.78 is 1.09. The number of hydrogen-bond donors (Lipinski definition) is 0. The Labute approximate surface area is 127 Å². The molecule has 0 unspecified atom stereocenters. The van der Waals surface area contributed by atoms with E-state index in [4.69, 9.17) is 11.6 Å². The fourth-order valence-electron chi connectivity index (χ4n) is 1.95. The minimum atomic E-state index is 0.477. The Morgan fingerprint density at radius 3 is 2.68 bits per heavy atom. The van der Waals surface area contributed by atoms with Gasteiger partial charge in [0, 0.05) is 28.3 Å². The van der Waals surface area contributed by atoms with Crippen LogP contribution in [0.5, 0.6) is 0 Å². The van der Waals surface area contributed by atoms with Gasteiger partial charge in [0.05, 0.1) is 5.88 Å². The van der Waals surface area contributed by atoms with Crippen LogP contribution in [0.1, 0.15) is 36.0 Å².